The van der Waals surface area contributed by atoms with E-state index in [0.717, 1.165) is 17.0 Å². The SMILES string of the molecule is CCCOc1ccc(/C=N\NC(=O)[C@@H](C)Sc2ccccn2)cc1OCC. The van der Waals surface area contributed by atoms with Crippen molar-refractivity contribution in [2.24, 2.45) is 5.10 Å². The van der Waals surface area contributed by atoms with Gasteiger partial charge in [0.25, 0.3) is 5.91 Å². The number of pyridine rings is 1. The maximum Gasteiger partial charge on any atom is 0.253 e. The maximum atomic E-state index is 12.2. The molecule has 0 unspecified atom stereocenters. The van der Waals surface area contributed by atoms with Crippen LogP contribution in [0.3, 0.4) is 0 Å². The zero-order chi connectivity index (χ0) is 19.5. The van der Waals surface area contributed by atoms with Gasteiger partial charge in [0.05, 0.1) is 29.7 Å². The highest BCUT2D eigenvalue weighted by molar-refractivity contribution is 8.00. The van der Waals surface area contributed by atoms with Crippen LogP contribution >= 0.6 is 11.8 Å². The van der Waals surface area contributed by atoms with Gasteiger partial charge >= 0.3 is 0 Å². The standard InChI is InChI=1S/C20H25N3O3S/c1-4-12-26-17-10-9-16(13-18(17)25-5-2)14-22-23-20(24)15(3)27-19-8-6-7-11-21-19/h6-11,13-15H,4-5,12H2,1-3H3,(H,23,24)/b22-14-/t15-/m1/s1. The number of amides is 1. The molecule has 1 heterocycles. The quantitative estimate of drug-likeness (QED) is 0.380. The number of carbonyl (C=O) groups is 1. The lowest BCUT2D eigenvalue weighted by Gasteiger charge is -2.12. The first-order valence-electron chi connectivity index (χ1n) is 8.94. The Bertz CT molecular complexity index is 753. The highest BCUT2D eigenvalue weighted by Crippen LogP contribution is 2.28. The van der Waals surface area contributed by atoms with Crippen LogP contribution in [-0.2, 0) is 4.79 Å². The fourth-order valence-corrected chi connectivity index (χ4v) is 2.92. The molecular weight excluding hydrogens is 362 g/mol. The Morgan fingerprint density at radius 1 is 1.26 bits per heavy atom. The summed E-state index contributed by atoms with van der Waals surface area (Å²) >= 11 is 1.38. The molecule has 0 fully saturated rings. The number of ether oxygens (including phenoxy) is 2. The van der Waals surface area contributed by atoms with Crippen molar-refractivity contribution >= 4 is 23.9 Å². The number of benzene rings is 1. The Morgan fingerprint density at radius 3 is 2.81 bits per heavy atom. The summed E-state index contributed by atoms with van der Waals surface area (Å²) in [6.45, 7) is 6.97. The zero-order valence-corrected chi connectivity index (χ0v) is 16.7. The Kier molecular flexibility index (Phi) is 8.64. The van der Waals surface area contributed by atoms with Crippen LogP contribution in [0.4, 0.5) is 0 Å². The van der Waals surface area contributed by atoms with Gasteiger partial charge in [-0.3, -0.25) is 4.79 Å². The van der Waals surface area contributed by atoms with E-state index >= 15 is 0 Å². The fraction of sp³-hybridized carbons (Fsp3) is 0.350. The number of hydrogen-bond acceptors (Lipinski definition) is 6. The molecule has 1 atom stereocenters. The predicted molar refractivity (Wildman–Crippen MR) is 109 cm³/mol. The number of nitrogens with one attached hydrogen (secondary N) is 1. The van der Waals surface area contributed by atoms with Crippen molar-refractivity contribution in [1.29, 1.82) is 0 Å². The molecule has 0 aliphatic carbocycles. The van der Waals surface area contributed by atoms with Gasteiger partial charge in [0.2, 0.25) is 0 Å². The van der Waals surface area contributed by atoms with Crippen molar-refractivity contribution in [2.45, 2.75) is 37.5 Å². The maximum absolute atomic E-state index is 12.2. The van der Waals surface area contributed by atoms with Crippen molar-refractivity contribution in [1.82, 2.24) is 10.4 Å². The summed E-state index contributed by atoms with van der Waals surface area (Å²) in [5.41, 5.74) is 3.37. The van der Waals surface area contributed by atoms with Crippen molar-refractivity contribution in [3.8, 4) is 11.5 Å². The molecule has 144 valence electrons. The predicted octanol–water partition coefficient (Wildman–Crippen LogP) is 3.90. The molecular formula is C20H25N3O3S. The molecule has 1 aromatic carbocycles. The third-order valence-electron chi connectivity index (χ3n) is 3.42. The summed E-state index contributed by atoms with van der Waals surface area (Å²) < 4.78 is 11.3. The van der Waals surface area contributed by atoms with E-state index < -0.39 is 0 Å². The normalized spacial score (nSPS) is 12.0. The lowest BCUT2D eigenvalue weighted by Crippen LogP contribution is -2.26. The third-order valence-corrected chi connectivity index (χ3v) is 4.47. The van der Waals surface area contributed by atoms with Crippen molar-refractivity contribution in [3.05, 3.63) is 48.2 Å². The van der Waals surface area contributed by atoms with Gasteiger partial charge in [-0.2, -0.15) is 5.10 Å². The smallest absolute Gasteiger partial charge is 0.253 e. The van der Waals surface area contributed by atoms with Crippen LogP contribution in [0.2, 0.25) is 0 Å². The number of thioether (sulfide) groups is 1. The molecule has 7 heteroatoms. The highest BCUT2D eigenvalue weighted by atomic mass is 32.2. The van der Waals surface area contributed by atoms with E-state index in [2.05, 4.69) is 22.4 Å². The Morgan fingerprint density at radius 2 is 2.11 bits per heavy atom. The first kappa shape index (κ1) is 20.8. The van der Waals surface area contributed by atoms with Crippen LogP contribution in [-0.4, -0.2) is 35.6 Å². The van der Waals surface area contributed by atoms with Gasteiger partial charge in [-0.1, -0.05) is 24.8 Å². The van der Waals surface area contributed by atoms with Gasteiger partial charge in [0, 0.05) is 6.20 Å². The molecule has 0 radical (unpaired) electrons. The second-order valence-electron chi connectivity index (χ2n) is 5.65. The monoisotopic (exact) mass is 387 g/mol. The van der Waals surface area contributed by atoms with Crippen molar-refractivity contribution in [2.75, 3.05) is 13.2 Å². The van der Waals surface area contributed by atoms with Crippen LogP contribution in [0.1, 0.15) is 32.8 Å². The fourth-order valence-electron chi connectivity index (χ4n) is 2.12. The van der Waals surface area contributed by atoms with E-state index in [4.69, 9.17) is 9.47 Å². The lowest BCUT2D eigenvalue weighted by atomic mass is 10.2. The molecule has 27 heavy (non-hydrogen) atoms. The van der Waals surface area contributed by atoms with Crippen LogP contribution in [0.25, 0.3) is 0 Å². The molecule has 0 aliphatic rings. The van der Waals surface area contributed by atoms with Crippen molar-refractivity contribution in [3.63, 3.8) is 0 Å². The van der Waals surface area contributed by atoms with Gasteiger partial charge in [-0.25, -0.2) is 10.4 Å². The molecule has 1 N–H and O–H groups in total. The van der Waals surface area contributed by atoms with E-state index in [1.54, 1.807) is 12.4 Å². The second-order valence-corrected chi connectivity index (χ2v) is 7.01. The summed E-state index contributed by atoms with van der Waals surface area (Å²) in [4.78, 5) is 16.4. The minimum atomic E-state index is -0.305. The summed E-state index contributed by atoms with van der Waals surface area (Å²) in [7, 11) is 0. The molecule has 0 aliphatic heterocycles. The van der Waals surface area contributed by atoms with Gasteiger partial charge in [0.1, 0.15) is 0 Å². The van der Waals surface area contributed by atoms with Crippen molar-refractivity contribution < 1.29 is 14.3 Å². The summed E-state index contributed by atoms with van der Waals surface area (Å²) in [6.07, 6.45) is 4.21. The van der Waals surface area contributed by atoms with Crippen LogP contribution in [0.5, 0.6) is 11.5 Å². The molecule has 0 spiro atoms. The Labute approximate surface area is 164 Å². The summed E-state index contributed by atoms with van der Waals surface area (Å²) in [6, 6.07) is 11.2. The number of nitrogens with zero attached hydrogens (tertiary/aromatic N) is 2. The Hall–Kier alpha value is -2.54. The molecule has 2 aromatic rings. The number of hydrazone groups is 1. The van der Waals surface area contributed by atoms with Gasteiger partial charge in [-0.15, -0.1) is 0 Å². The number of carbonyl (C=O) groups excluding carboxylic acids is 1. The van der Waals surface area contributed by atoms with E-state index in [-0.39, 0.29) is 11.2 Å². The number of rotatable bonds is 10. The summed E-state index contributed by atoms with van der Waals surface area (Å²) in [5, 5.41) is 4.54. The number of aromatic nitrogens is 1. The topological polar surface area (TPSA) is 72.8 Å². The van der Waals surface area contributed by atoms with Crippen LogP contribution in [0.15, 0.2) is 52.7 Å². The average Bonchev–Trinajstić information content (AvgIpc) is 2.68. The second kappa shape index (κ2) is 11.2. The van der Waals surface area contributed by atoms with Gasteiger partial charge in [-0.05, 0) is 56.2 Å². The molecule has 0 bridgehead atoms. The zero-order valence-electron chi connectivity index (χ0n) is 15.8. The molecule has 0 saturated carbocycles. The van der Waals surface area contributed by atoms with Crippen LogP contribution in [0, 0.1) is 0 Å². The van der Waals surface area contributed by atoms with Crippen LogP contribution < -0.4 is 14.9 Å². The van der Waals surface area contributed by atoms with E-state index in [9.17, 15) is 4.79 Å². The van der Waals surface area contributed by atoms with Gasteiger partial charge < -0.3 is 9.47 Å². The minimum absolute atomic E-state index is 0.185. The first-order chi connectivity index (χ1) is 13.1. The molecule has 0 saturated heterocycles. The van der Waals surface area contributed by atoms with E-state index in [1.165, 1.54) is 11.8 Å². The third kappa shape index (κ3) is 6.94. The van der Waals surface area contributed by atoms with E-state index in [0.29, 0.717) is 24.7 Å². The van der Waals surface area contributed by atoms with Gasteiger partial charge in [0.15, 0.2) is 11.5 Å². The molecule has 6 nitrogen and oxygen atoms in total. The molecule has 1 amide bonds. The highest BCUT2D eigenvalue weighted by Gasteiger charge is 2.14. The summed E-state index contributed by atoms with van der Waals surface area (Å²) in [5.74, 6) is 1.19. The molecule has 2 rings (SSSR count). The first-order valence-corrected chi connectivity index (χ1v) is 9.82. The number of hydrogen-bond donors (Lipinski definition) is 1. The Balaban J connectivity index is 1.94. The largest absolute Gasteiger partial charge is 0.490 e. The molecule has 1 aromatic heterocycles. The average molecular weight is 388 g/mol. The minimum Gasteiger partial charge on any atom is -0.490 e. The van der Waals surface area contributed by atoms with E-state index in [1.807, 2.05) is 50.2 Å². The lowest BCUT2D eigenvalue weighted by molar-refractivity contribution is -0.120.